The van der Waals surface area contributed by atoms with Gasteiger partial charge in [-0.25, -0.2) is 0 Å². The summed E-state index contributed by atoms with van der Waals surface area (Å²) in [6.45, 7) is 7.78. The SMILES string of the molecule is CC1(C)CC(=O)C2=C(C1)N(CC(=O)O)C1=C(C(=O)CC(C)(C)C1)C2c1ccc(Cl)c(Cl)c1. The van der Waals surface area contributed by atoms with Gasteiger partial charge in [0.05, 0.1) is 10.0 Å². The van der Waals surface area contributed by atoms with E-state index in [1.165, 1.54) is 0 Å². The minimum absolute atomic E-state index is 0.0492. The highest BCUT2D eigenvalue weighted by Gasteiger charge is 2.49. The van der Waals surface area contributed by atoms with Gasteiger partial charge in [0.1, 0.15) is 6.54 Å². The highest BCUT2D eigenvalue weighted by molar-refractivity contribution is 6.42. The van der Waals surface area contributed by atoms with E-state index < -0.39 is 11.9 Å². The van der Waals surface area contributed by atoms with Crippen LogP contribution in [0.3, 0.4) is 0 Å². The first kappa shape index (κ1) is 23.1. The number of Topliss-reactive ketones (excluding diaryl/α,β-unsaturated/α-hetero) is 2. The lowest BCUT2D eigenvalue weighted by molar-refractivity contribution is -0.138. The zero-order valence-corrected chi connectivity index (χ0v) is 20.2. The van der Waals surface area contributed by atoms with Crippen molar-refractivity contribution in [2.75, 3.05) is 6.54 Å². The molecule has 0 radical (unpaired) electrons. The van der Waals surface area contributed by atoms with Crippen molar-refractivity contribution in [3.8, 4) is 0 Å². The van der Waals surface area contributed by atoms with Gasteiger partial charge in [-0.2, -0.15) is 0 Å². The number of rotatable bonds is 3. The number of carbonyl (C=O) groups is 3. The third-order valence-corrected chi connectivity index (χ3v) is 7.33. The minimum atomic E-state index is -0.997. The van der Waals surface area contributed by atoms with E-state index in [4.69, 9.17) is 23.2 Å². The van der Waals surface area contributed by atoms with Crippen LogP contribution in [-0.4, -0.2) is 34.1 Å². The number of hydrogen-bond acceptors (Lipinski definition) is 4. The summed E-state index contributed by atoms with van der Waals surface area (Å²) in [7, 11) is 0. The molecule has 0 fully saturated rings. The maximum Gasteiger partial charge on any atom is 0.323 e. The number of hydrogen-bond donors (Lipinski definition) is 1. The van der Waals surface area contributed by atoms with Gasteiger partial charge < -0.3 is 10.0 Å². The fraction of sp³-hybridized carbons (Fsp3) is 0.480. The number of carboxylic acids is 1. The van der Waals surface area contributed by atoms with Crippen molar-refractivity contribution in [2.45, 2.75) is 59.3 Å². The highest BCUT2D eigenvalue weighted by Crippen LogP contribution is 2.54. The van der Waals surface area contributed by atoms with Crippen LogP contribution in [0, 0.1) is 10.8 Å². The summed E-state index contributed by atoms with van der Waals surface area (Å²) in [5.74, 6) is -1.66. The van der Waals surface area contributed by atoms with Crippen molar-refractivity contribution in [2.24, 2.45) is 10.8 Å². The lowest BCUT2D eigenvalue weighted by Gasteiger charge is -2.48. The molecule has 0 saturated carbocycles. The van der Waals surface area contributed by atoms with Crippen molar-refractivity contribution in [1.29, 1.82) is 0 Å². The summed E-state index contributed by atoms with van der Waals surface area (Å²) < 4.78 is 0. The van der Waals surface area contributed by atoms with Gasteiger partial charge >= 0.3 is 5.97 Å². The molecule has 0 unspecified atom stereocenters. The Kier molecular flexibility index (Phi) is 5.58. The Bertz CT molecular complexity index is 1060. The Morgan fingerprint density at radius 1 is 0.938 bits per heavy atom. The molecule has 1 N–H and O–H groups in total. The molecule has 7 heteroatoms. The molecule has 0 bridgehead atoms. The zero-order chi connectivity index (χ0) is 23.6. The van der Waals surface area contributed by atoms with Gasteiger partial charge in [-0.15, -0.1) is 0 Å². The van der Waals surface area contributed by atoms with Crippen molar-refractivity contribution >= 4 is 40.7 Å². The van der Waals surface area contributed by atoms with Gasteiger partial charge in [0.15, 0.2) is 11.6 Å². The van der Waals surface area contributed by atoms with Crippen LogP contribution in [0.25, 0.3) is 0 Å². The second kappa shape index (κ2) is 7.74. The van der Waals surface area contributed by atoms with Crippen molar-refractivity contribution in [1.82, 2.24) is 4.90 Å². The van der Waals surface area contributed by atoms with E-state index >= 15 is 0 Å². The maximum absolute atomic E-state index is 13.5. The second-order valence-corrected chi connectivity index (χ2v) is 11.5. The molecule has 4 rings (SSSR count). The van der Waals surface area contributed by atoms with E-state index in [2.05, 4.69) is 0 Å². The van der Waals surface area contributed by atoms with Crippen molar-refractivity contribution in [3.63, 3.8) is 0 Å². The Morgan fingerprint density at radius 3 is 1.88 bits per heavy atom. The molecule has 1 aromatic rings. The number of halogens is 2. The highest BCUT2D eigenvalue weighted by atomic mass is 35.5. The molecular weight excluding hydrogens is 449 g/mol. The number of allylic oxidation sites excluding steroid dienone is 4. The topological polar surface area (TPSA) is 74.7 Å². The molecule has 3 aliphatic rings. The average Bonchev–Trinajstić information content (AvgIpc) is 2.63. The number of ketones is 2. The molecule has 0 amide bonds. The molecule has 0 saturated heterocycles. The van der Waals surface area contributed by atoms with E-state index in [1.807, 2.05) is 27.7 Å². The van der Waals surface area contributed by atoms with Crippen molar-refractivity contribution in [3.05, 3.63) is 56.3 Å². The Morgan fingerprint density at radius 2 is 1.44 bits per heavy atom. The largest absolute Gasteiger partial charge is 0.480 e. The minimum Gasteiger partial charge on any atom is -0.480 e. The molecule has 5 nitrogen and oxygen atoms in total. The summed E-state index contributed by atoms with van der Waals surface area (Å²) in [4.78, 5) is 40.6. The van der Waals surface area contributed by atoms with Gasteiger partial charge in [0.2, 0.25) is 0 Å². The number of aliphatic carboxylic acids is 1. The van der Waals surface area contributed by atoms with Crippen LogP contribution in [0.2, 0.25) is 10.0 Å². The number of nitrogens with zero attached hydrogens (tertiary/aromatic N) is 1. The monoisotopic (exact) mass is 475 g/mol. The predicted molar refractivity (Wildman–Crippen MR) is 124 cm³/mol. The number of carbonyl (C=O) groups excluding carboxylic acids is 2. The van der Waals surface area contributed by atoms with Crippen LogP contribution >= 0.6 is 23.2 Å². The maximum atomic E-state index is 13.5. The van der Waals surface area contributed by atoms with Gasteiger partial charge in [0.25, 0.3) is 0 Å². The first-order chi connectivity index (χ1) is 14.8. The lowest BCUT2D eigenvalue weighted by Crippen LogP contribution is -2.45. The van der Waals surface area contributed by atoms with Gasteiger partial charge in [-0.1, -0.05) is 57.0 Å². The van der Waals surface area contributed by atoms with Crippen molar-refractivity contribution < 1.29 is 19.5 Å². The Balaban J connectivity index is 2.02. The van der Waals surface area contributed by atoms with Gasteiger partial charge in [-0.3, -0.25) is 14.4 Å². The summed E-state index contributed by atoms with van der Waals surface area (Å²) >= 11 is 12.5. The van der Waals surface area contributed by atoms with Gasteiger partial charge in [0, 0.05) is 41.3 Å². The van der Waals surface area contributed by atoms with Crippen LogP contribution in [-0.2, 0) is 14.4 Å². The first-order valence-corrected chi connectivity index (χ1v) is 11.5. The smallest absolute Gasteiger partial charge is 0.323 e. The fourth-order valence-corrected chi connectivity index (χ4v) is 5.71. The summed E-state index contributed by atoms with van der Waals surface area (Å²) in [5.41, 5.74) is 2.60. The molecule has 1 aliphatic heterocycles. The summed E-state index contributed by atoms with van der Waals surface area (Å²) in [5, 5.41) is 10.5. The van der Waals surface area contributed by atoms with E-state index in [9.17, 15) is 19.5 Å². The second-order valence-electron chi connectivity index (χ2n) is 10.7. The van der Waals surface area contributed by atoms with Crippen LogP contribution in [0.1, 0.15) is 64.9 Å². The normalized spacial score (nSPS) is 22.8. The van der Waals surface area contributed by atoms with E-state index in [0.29, 0.717) is 58.3 Å². The average molecular weight is 476 g/mol. The summed E-state index contributed by atoms with van der Waals surface area (Å²) in [6.07, 6.45) is 1.80. The molecule has 170 valence electrons. The zero-order valence-electron chi connectivity index (χ0n) is 18.7. The summed E-state index contributed by atoms with van der Waals surface area (Å²) in [6, 6.07) is 5.20. The molecular formula is C25H27Cl2NO4. The molecule has 0 atom stereocenters. The van der Waals surface area contributed by atoms with Gasteiger partial charge in [-0.05, 0) is 41.4 Å². The fourth-order valence-electron chi connectivity index (χ4n) is 5.40. The molecule has 32 heavy (non-hydrogen) atoms. The Hall–Kier alpha value is -2.11. The Labute approximate surface area is 198 Å². The molecule has 0 aromatic heterocycles. The predicted octanol–water partition coefficient (Wildman–Crippen LogP) is 5.76. The third-order valence-electron chi connectivity index (χ3n) is 6.59. The van der Waals surface area contributed by atoms with E-state index in [0.717, 1.165) is 5.56 Å². The quantitative estimate of drug-likeness (QED) is 0.600. The molecule has 0 spiro atoms. The standard InChI is InChI=1S/C25H27Cl2NO4/c1-24(2)8-16-22(18(29)10-24)21(13-5-6-14(26)15(27)7-13)23-17(28(16)12-20(31)32)9-25(3,4)11-19(23)30/h5-7,21H,8-12H2,1-4H3,(H,31,32). The first-order valence-electron chi connectivity index (χ1n) is 10.8. The van der Waals surface area contributed by atoms with Crippen LogP contribution < -0.4 is 0 Å². The molecule has 2 aliphatic carbocycles. The van der Waals surface area contributed by atoms with Crippen LogP contribution in [0.15, 0.2) is 40.7 Å². The number of carboxylic acid groups (broad SMARTS) is 1. The molecule has 1 aromatic carbocycles. The number of benzene rings is 1. The molecule has 1 heterocycles. The van der Waals surface area contributed by atoms with Crippen LogP contribution in [0.4, 0.5) is 0 Å². The third kappa shape index (κ3) is 4.01. The van der Waals surface area contributed by atoms with E-state index in [-0.39, 0.29) is 28.9 Å². The van der Waals surface area contributed by atoms with Crippen LogP contribution in [0.5, 0.6) is 0 Å². The van der Waals surface area contributed by atoms with E-state index in [1.54, 1.807) is 23.1 Å². The lowest BCUT2D eigenvalue weighted by atomic mass is 9.63.